The molecule has 0 atom stereocenters. The SMILES string of the molecule is COc1cc(Cl)c(/C=N/NC(=O)COc2cc(C)ccc2C(C)C)cc1OC. The van der Waals surface area contributed by atoms with Gasteiger partial charge in [-0.2, -0.15) is 5.10 Å². The number of benzene rings is 2. The van der Waals surface area contributed by atoms with Gasteiger partial charge < -0.3 is 14.2 Å². The van der Waals surface area contributed by atoms with Gasteiger partial charge in [0.1, 0.15) is 5.75 Å². The van der Waals surface area contributed by atoms with Gasteiger partial charge >= 0.3 is 0 Å². The normalized spacial score (nSPS) is 11.0. The van der Waals surface area contributed by atoms with Gasteiger partial charge in [0.05, 0.1) is 25.5 Å². The zero-order valence-corrected chi connectivity index (χ0v) is 17.5. The van der Waals surface area contributed by atoms with E-state index in [0.29, 0.717) is 33.8 Å². The van der Waals surface area contributed by atoms with Gasteiger partial charge in [0.15, 0.2) is 18.1 Å². The number of nitrogens with zero attached hydrogens (tertiary/aromatic N) is 1. The molecule has 0 bridgehead atoms. The fourth-order valence-electron chi connectivity index (χ4n) is 2.56. The van der Waals surface area contributed by atoms with Crippen molar-refractivity contribution in [2.24, 2.45) is 5.10 Å². The number of methoxy groups -OCH3 is 2. The van der Waals surface area contributed by atoms with Crippen LogP contribution in [0.15, 0.2) is 35.4 Å². The second-order valence-corrected chi connectivity index (χ2v) is 6.91. The van der Waals surface area contributed by atoms with E-state index < -0.39 is 0 Å². The molecule has 28 heavy (non-hydrogen) atoms. The first-order valence-electron chi connectivity index (χ1n) is 8.82. The average molecular weight is 405 g/mol. The Morgan fingerprint density at radius 3 is 2.46 bits per heavy atom. The Balaban J connectivity index is 1.99. The lowest BCUT2D eigenvalue weighted by atomic mass is 10.0. The summed E-state index contributed by atoms with van der Waals surface area (Å²) in [6.45, 7) is 6.00. The van der Waals surface area contributed by atoms with Gasteiger partial charge in [0.25, 0.3) is 5.91 Å². The molecule has 7 heteroatoms. The van der Waals surface area contributed by atoms with Crippen LogP contribution in [-0.2, 0) is 4.79 Å². The van der Waals surface area contributed by atoms with Crippen LogP contribution in [0.4, 0.5) is 0 Å². The van der Waals surface area contributed by atoms with Crippen LogP contribution < -0.4 is 19.6 Å². The summed E-state index contributed by atoms with van der Waals surface area (Å²) in [5, 5.41) is 4.36. The number of halogens is 1. The van der Waals surface area contributed by atoms with Gasteiger partial charge in [0.2, 0.25) is 0 Å². The summed E-state index contributed by atoms with van der Waals surface area (Å²) in [7, 11) is 3.06. The molecule has 150 valence electrons. The molecular formula is C21H25ClN2O4. The first-order valence-corrected chi connectivity index (χ1v) is 9.20. The third kappa shape index (κ3) is 5.63. The Morgan fingerprint density at radius 1 is 1.14 bits per heavy atom. The lowest BCUT2D eigenvalue weighted by molar-refractivity contribution is -0.123. The monoisotopic (exact) mass is 404 g/mol. The van der Waals surface area contributed by atoms with Crippen molar-refractivity contribution >= 4 is 23.7 Å². The number of hydrazone groups is 1. The lowest BCUT2D eigenvalue weighted by Crippen LogP contribution is -2.25. The maximum absolute atomic E-state index is 12.1. The quantitative estimate of drug-likeness (QED) is 0.525. The molecule has 0 fully saturated rings. The highest BCUT2D eigenvalue weighted by Gasteiger charge is 2.11. The molecule has 6 nitrogen and oxygen atoms in total. The van der Waals surface area contributed by atoms with Crippen LogP contribution in [0, 0.1) is 6.92 Å². The van der Waals surface area contributed by atoms with Crippen molar-refractivity contribution in [1.82, 2.24) is 5.43 Å². The molecule has 0 aliphatic rings. The first kappa shape index (κ1) is 21.6. The van der Waals surface area contributed by atoms with Crippen LogP contribution in [0.2, 0.25) is 5.02 Å². The number of rotatable bonds is 8. The topological polar surface area (TPSA) is 69.2 Å². The predicted octanol–water partition coefficient (Wildman–Crippen LogP) is 4.32. The number of hydrogen-bond donors (Lipinski definition) is 1. The maximum atomic E-state index is 12.1. The Morgan fingerprint density at radius 2 is 1.82 bits per heavy atom. The Labute approximate surface area is 170 Å². The van der Waals surface area contributed by atoms with Gasteiger partial charge in [0, 0.05) is 11.6 Å². The molecule has 2 rings (SSSR count). The maximum Gasteiger partial charge on any atom is 0.277 e. The van der Waals surface area contributed by atoms with Crippen LogP contribution in [0.25, 0.3) is 0 Å². The molecule has 2 aromatic rings. The number of aryl methyl sites for hydroxylation is 1. The molecule has 0 aliphatic carbocycles. The molecular weight excluding hydrogens is 380 g/mol. The number of carbonyl (C=O) groups is 1. The second-order valence-electron chi connectivity index (χ2n) is 6.51. The van der Waals surface area contributed by atoms with Crippen LogP contribution >= 0.6 is 11.6 Å². The minimum absolute atomic E-state index is 0.139. The lowest BCUT2D eigenvalue weighted by Gasteiger charge is -2.14. The zero-order chi connectivity index (χ0) is 20.7. The van der Waals surface area contributed by atoms with E-state index in [2.05, 4.69) is 24.4 Å². The van der Waals surface area contributed by atoms with E-state index in [1.165, 1.54) is 20.4 Å². The molecule has 0 saturated heterocycles. The van der Waals surface area contributed by atoms with Crippen molar-refractivity contribution < 1.29 is 19.0 Å². The van der Waals surface area contributed by atoms with Crippen LogP contribution in [0.1, 0.15) is 36.5 Å². The van der Waals surface area contributed by atoms with Crippen LogP contribution in [-0.4, -0.2) is 32.9 Å². The van der Waals surface area contributed by atoms with Crippen molar-refractivity contribution in [3.63, 3.8) is 0 Å². The van der Waals surface area contributed by atoms with Gasteiger partial charge in [-0.3, -0.25) is 4.79 Å². The van der Waals surface area contributed by atoms with Gasteiger partial charge in [-0.1, -0.05) is 37.6 Å². The summed E-state index contributed by atoms with van der Waals surface area (Å²) in [6, 6.07) is 9.27. The molecule has 0 radical (unpaired) electrons. The standard InChI is InChI=1S/C21H25ClN2O4/c1-13(2)16-7-6-14(3)8-18(16)28-12-21(25)24-23-11-15-9-19(26-4)20(27-5)10-17(15)22/h6-11,13H,12H2,1-5H3,(H,24,25)/b23-11+. The Bertz CT molecular complexity index is 866. The predicted molar refractivity (Wildman–Crippen MR) is 111 cm³/mol. The largest absolute Gasteiger partial charge is 0.493 e. The van der Waals surface area contributed by atoms with E-state index in [4.69, 9.17) is 25.8 Å². The summed E-state index contributed by atoms with van der Waals surface area (Å²) in [5.74, 6) is 1.66. The molecule has 0 heterocycles. The minimum Gasteiger partial charge on any atom is -0.493 e. The van der Waals surface area contributed by atoms with E-state index in [-0.39, 0.29) is 12.5 Å². The highest BCUT2D eigenvalue weighted by molar-refractivity contribution is 6.33. The molecule has 0 aromatic heterocycles. The third-order valence-corrected chi connectivity index (χ3v) is 4.37. The van der Waals surface area contributed by atoms with Gasteiger partial charge in [-0.25, -0.2) is 5.43 Å². The van der Waals surface area contributed by atoms with E-state index in [1.54, 1.807) is 12.1 Å². The molecule has 0 spiro atoms. The number of ether oxygens (including phenoxy) is 3. The first-order chi connectivity index (χ1) is 13.3. The fourth-order valence-corrected chi connectivity index (χ4v) is 2.76. The van der Waals surface area contributed by atoms with Crippen LogP contribution in [0.3, 0.4) is 0 Å². The molecule has 0 aliphatic heterocycles. The van der Waals surface area contributed by atoms with Crippen molar-refractivity contribution in [3.05, 3.63) is 52.0 Å². The second kappa shape index (κ2) is 9.99. The highest BCUT2D eigenvalue weighted by Crippen LogP contribution is 2.32. The van der Waals surface area contributed by atoms with Gasteiger partial charge in [-0.05, 0) is 36.1 Å². The number of carbonyl (C=O) groups excluding carboxylic acids is 1. The van der Waals surface area contributed by atoms with E-state index in [0.717, 1.165) is 11.1 Å². The van der Waals surface area contributed by atoms with Crippen LogP contribution in [0.5, 0.6) is 17.2 Å². The fraction of sp³-hybridized carbons (Fsp3) is 0.333. The summed E-state index contributed by atoms with van der Waals surface area (Å²) in [4.78, 5) is 12.1. The smallest absolute Gasteiger partial charge is 0.277 e. The zero-order valence-electron chi connectivity index (χ0n) is 16.7. The van der Waals surface area contributed by atoms with Gasteiger partial charge in [-0.15, -0.1) is 0 Å². The number of amides is 1. The Kier molecular flexibility index (Phi) is 7.70. The summed E-state index contributed by atoms with van der Waals surface area (Å²) >= 11 is 6.19. The third-order valence-electron chi connectivity index (χ3n) is 4.05. The molecule has 2 aromatic carbocycles. The van der Waals surface area contributed by atoms with Crippen molar-refractivity contribution in [3.8, 4) is 17.2 Å². The molecule has 1 amide bonds. The van der Waals surface area contributed by atoms with E-state index in [9.17, 15) is 4.79 Å². The summed E-state index contributed by atoms with van der Waals surface area (Å²) < 4.78 is 16.1. The number of nitrogens with one attached hydrogen (secondary N) is 1. The summed E-state index contributed by atoms with van der Waals surface area (Å²) in [6.07, 6.45) is 1.44. The molecule has 1 N–H and O–H groups in total. The summed E-state index contributed by atoms with van der Waals surface area (Å²) in [5.41, 5.74) is 5.14. The minimum atomic E-state index is -0.371. The van der Waals surface area contributed by atoms with E-state index in [1.807, 2.05) is 25.1 Å². The van der Waals surface area contributed by atoms with Crippen molar-refractivity contribution in [2.75, 3.05) is 20.8 Å². The van der Waals surface area contributed by atoms with Crippen molar-refractivity contribution in [1.29, 1.82) is 0 Å². The van der Waals surface area contributed by atoms with Crippen molar-refractivity contribution in [2.45, 2.75) is 26.7 Å². The molecule has 0 saturated carbocycles. The Hall–Kier alpha value is -2.73. The number of hydrogen-bond acceptors (Lipinski definition) is 5. The van der Waals surface area contributed by atoms with E-state index >= 15 is 0 Å². The molecule has 0 unspecified atom stereocenters. The highest BCUT2D eigenvalue weighted by atomic mass is 35.5. The average Bonchev–Trinajstić information content (AvgIpc) is 2.67.